The Kier molecular flexibility index (Phi) is 7.96. The Balaban J connectivity index is 1.17. The first kappa shape index (κ1) is 21.8. The highest BCUT2D eigenvalue weighted by Crippen LogP contribution is 2.18. The van der Waals surface area contributed by atoms with Gasteiger partial charge in [0, 0.05) is 39.5 Å². The molecule has 1 atom stereocenters. The Hall–Kier alpha value is -2.38. The van der Waals surface area contributed by atoms with Gasteiger partial charge in [-0.3, -0.25) is 4.99 Å². The van der Waals surface area contributed by atoms with Crippen LogP contribution < -0.4 is 5.32 Å². The minimum absolute atomic E-state index is 0.299. The van der Waals surface area contributed by atoms with E-state index in [1.54, 1.807) is 0 Å². The van der Waals surface area contributed by atoms with Crippen molar-refractivity contribution >= 4 is 5.96 Å². The van der Waals surface area contributed by atoms with E-state index in [4.69, 9.17) is 9.47 Å². The number of ether oxygens (including phenoxy) is 2. The van der Waals surface area contributed by atoms with Crippen molar-refractivity contribution < 1.29 is 9.47 Å². The van der Waals surface area contributed by atoms with Gasteiger partial charge in [0.2, 0.25) is 0 Å². The highest BCUT2D eigenvalue weighted by molar-refractivity contribution is 5.79. The van der Waals surface area contributed by atoms with Crippen LogP contribution in [0.5, 0.6) is 0 Å². The van der Waals surface area contributed by atoms with E-state index in [1.807, 2.05) is 36.1 Å². The number of guanidine groups is 1. The topological polar surface area (TPSA) is 63.9 Å². The lowest BCUT2D eigenvalue weighted by Crippen LogP contribution is -2.47. The summed E-state index contributed by atoms with van der Waals surface area (Å²) in [5, 5.41) is 7.99. The van der Waals surface area contributed by atoms with E-state index in [-0.39, 0.29) is 0 Å². The number of nitrogens with one attached hydrogen (secondary N) is 1. The van der Waals surface area contributed by atoms with Crippen LogP contribution in [0.2, 0.25) is 0 Å². The second kappa shape index (κ2) is 11.3. The van der Waals surface area contributed by atoms with Crippen molar-refractivity contribution in [1.82, 2.24) is 20.0 Å². The summed E-state index contributed by atoms with van der Waals surface area (Å²) in [4.78, 5) is 6.83. The Labute approximate surface area is 185 Å². The van der Waals surface area contributed by atoms with Gasteiger partial charge >= 0.3 is 0 Å². The van der Waals surface area contributed by atoms with E-state index < -0.39 is 0 Å². The Morgan fingerprint density at radius 2 is 2.03 bits per heavy atom. The van der Waals surface area contributed by atoms with Crippen LogP contribution in [-0.4, -0.2) is 72.7 Å². The number of benzene rings is 1. The van der Waals surface area contributed by atoms with E-state index in [9.17, 15) is 0 Å². The first-order valence-corrected chi connectivity index (χ1v) is 11.6. The van der Waals surface area contributed by atoms with Gasteiger partial charge in [-0.1, -0.05) is 18.2 Å². The lowest BCUT2D eigenvalue weighted by atomic mass is 10.1. The fourth-order valence-corrected chi connectivity index (χ4v) is 4.28. The standard InChI is InChI=1S/C24H35N5O2/c1-25-24(26-13-10-20-17-27-29(18-20)21-7-3-2-4-8-21)28-14-11-22(12-15-28)31-19-23-9-5-6-16-30-23/h2-4,7-8,17-18,22-23H,5-6,9-16,19H2,1H3,(H,25,26). The van der Waals surface area contributed by atoms with Crippen molar-refractivity contribution in [1.29, 1.82) is 0 Å². The first-order valence-electron chi connectivity index (χ1n) is 11.6. The lowest BCUT2D eigenvalue weighted by molar-refractivity contribution is -0.0721. The van der Waals surface area contributed by atoms with Crippen LogP contribution >= 0.6 is 0 Å². The molecule has 2 saturated heterocycles. The summed E-state index contributed by atoms with van der Waals surface area (Å²) < 4.78 is 13.8. The lowest BCUT2D eigenvalue weighted by Gasteiger charge is -2.35. The molecule has 2 fully saturated rings. The van der Waals surface area contributed by atoms with Crippen LogP contribution in [0, 0.1) is 0 Å². The molecule has 1 aromatic heterocycles. The third-order valence-electron chi connectivity index (χ3n) is 6.10. The minimum Gasteiger partial charge on any atom is -0.376 e. The maximum absolute atomic E-state index is 6.14. The molecule has 7 heteroatoms. The molecular weight excluding hydrogens is 390 g/mol. The molecule has 0 aliphatic carbocycles. The molecule has 0 saturated carbocycles. The van der Waals surface area contributed by atoms with E-state index in [2.05, 4.69) is 38.6 Å². The highest BCUT2D eigenvalue weighted by Gasteiger charge is 2.23. The van der Waals surface area contributed by atoms with E-state index in [0.717, 1.165) is 70.2 Å². The van der Waals surface area contributed by atoms with Crippen LogP contribution in [0.4, 0.5) is 0 Å². The van der Waals surface area contributed by atoms with Crippen LogP contribution in [-0.2, 0) is 15.9 Å². The second-order valence-corrected chi connectivity index (χ2v) is 8.36. The molecule has 2 aliphatic rings. The van der Waals surface area contributed by atoms with Crippen molar-refractivity contribution in [3.63, 3.8) is 0 Å². The molecule has 7 nitrogen and oxygen atoms in total. The summed E-state index contributed by atoms with van der Waals surface area (Å²) in [6.45, 7) is 4.42. The number of aromatic nitrogens is 2. The third kappa shape index (κ3) is 6.31. The predicted molar refractivity (Wildman–Crippen MR) is 123 cm³/mol. The summed E-state index contributed by atoms with van der Waals surface area (Å²) in [6, 6.07) is 10.2. The molecule has 0 spiro atoms. The van der Waals surface area contributed by atoms with Crippen molar-refractivity contribution in [3.05, 3.63) is 48.3 Å². The smallest absolute Gasteiger partial charge is 0.193 e. The van der Waals surface area contributed by atoms with Gasteiger partial charge in [0.25, 0.3) is 0 Å². The van der Waals surface area contributed by atoms with Gasteiger partial charge < -0.3 is 19.7 Å². The molecule has 1 N–H and O–H groups in total. The fourth-order valence-electron chi connectivity index (χ4n) is 4.28. The number of nitrogens with zero attached hydrogens (tertiary/aromatic N) is 4. The number of rotatable bonds is 7. The zero-order valence-electron chi connectivity index (χ0n) is 18.6. The maximum atomic E-state index is 6.14. The molecule has 168 valence electrons. The summed E-state index contributed by atoms with van der Waals surface area (Å²) >= 11 is 0. The van der Waals surface area contributed by atoms with Gasteiger partial charge in [-0.25, -0.2) is 4.68 Å². The molecule has 2 aromatic rings. The Bertz CT molecular complexity index is 808. The quantitative estimate of drug-likeness (QED) is 0.546. The maximum Gasteiger partial charge on any atom is 0.193 e. The SMILES string of the molecule is CN=C(NCCc1cnn(-c2ccccc2)c1)N1CCC(OCC2CCCCO2)CC1. The molecule has 0 amide bonds. The summed E-state index contributed by atoms with van der Waals surface area (Å²) in [5.74, 6) is 0.976. The molecule has 3 heterocycles. The van der Waals surface area contributed by atoms with Gasteiger partial charge in [-0.15, -0.1) is 0 Å². The van der Waals surface area contributed by atoms with Gasteiger partial charge in [0.1, 0.15) is 0 Å². The van der Waals surface area contributed by atoms with Crippen molar-refractivity contribution in [2.75, 3.05) is 39.9 Å². The van der Waals surface area contributed by atoms with Crippen LogP contribution in [0.25, 0.3) is 5.69 Å². The van der Waals surface area contributed by atoms with Crippen LogP contribution in [0.15, 0.2) is 47.7 Å². The molecule has 1 aromatic carbocycles. The molecule has 2 aliphatic heterocycles. The zero-order chi connectivity index (χ0) is 21.3. The normalized spacial score (nSPS) is 20.7. The third-order valence-corrected chi connectivity index (χ3v) is 6.10. The molecule has 4 rings (SSSR count). The number of piperidine rings is 1. The van der Waals surface area contributed by atoms with E-state index in [1.165, 1.54) is 18.4 Å². The molecular formula is C24H35N5O2. The van der Waals surface area contributed by atoms with Gasteiger partial charge in [0.05, 0.1) is 30.7 Å². The summed E-state index contributed by atoms with van der Waals surface area (Å²) in [6.07, 6.45) is 11.3. The number of hydrogen-bond donors (Lipinski definition) is 1. The Morgan fingerprint density at radius 1 is 1.19 bits per heavy atom. The van der Waals surface area contributed by atoms with E-state index in [0.29, 0.717) is 12.2 Å². The van der Waals surface area contributed by atoms with Crippen molar-refractivity contribution in [2.24, 2.45) is 4.99 Å². The van der Waals surface area contributed by atoms with Gasteiger partial charge in [-0.05, 0) is 56.2 Å². The Morgan fingerprint density at radius 3 is 2.77 bits per heavy atom. The number of likely N-dealkylation sites (tertiary alicyclic amines) is 1. The van der Waals surface area contributed by atoms with Crippen LogP contribution in [0.3, 0.4) is 0 Å². The molecule has 0 bridgehead atoms. The molecule has 31 heavy (non-hydrogen) atoms. The predicted octanol–water partition coefficient (Wildman–Crippen LogP) is 3.04. The largest absolute Gasteiger partial charge is 0.376 e. The van der Waals surface area contributed by atoms with Crippen molar-refractivity contribution in [3.8, 4) is 5.69 Å². The number of para-hydroxylation sites is 1. The fraction of sp³-hybridized carbons (Fsp3) is 0.583. The van der Waals surface area contributed by atoms with E-state index >= 15 is 0 Å². The zero-order valence-corrected chi connectivity index (χ0v) is 18.6. The minimum atomic E-state index is 0.299. The van der Waals surface area contributed by atoms with Gasteiger partial charge in [-0.2, -0.15) is 5.10 Å². The number of aliphatic imine (C=N–C) groups is 1. The average Bonchev–Trinajstić information content (AvgIpc) is 3.31. The summed E-state index contributed by atoms with van der Waals surface area (Å²) in [7, 11) is 1.86. The monoisotopic (exact) mass is 425 g/mol. The number of hydrogen-bond acceptors (Lipinski definition) is 4. The van der Waals surface area contributed by atoms with Gasteiger partial charge in [0.15, 0.2) is 5.96 Å². The van der Waals surface area contributed by atoms with Crippen molar-refractivity contribution in [2.45, 2.75) is 50.7 Å². The first-order chi connectivity index (χ1) is 15.3. The van der Waals surface area contributed by atoms with Crippen LogP contribution in [0.1, 0.15) is 37.7 Å². The summed E-state index contributed by atoms with van der Waals surface area (Å²) in [5.41, 5.74) is 2.29. The average molecular weight is 426 g/mol. The second-order valence-electron chi connectivity index (χ2n) is 8.36. The molecule has 0 radical (unpaired) electrons. The highest BCUT2D eigenvalue weighted by atomic mass is 16.5. The molecule has 1 unspecified atom stereocenters.